The lowest BCUT2D eigenvalue weighted by molar-refractivity contribution is 0.460. The van der Waals surface area contributed by atoms with Gasteiger partial charge < -0.3 is 5.32 Å². The molecule has 1 heterocycles. The van der Waals surface area contributed by atoms with E-state index >= 15 is 0 Å². The molecule has 0 atom stereocenters. The highest BCUT2D eigenvalue weighted by Crippen LogP contribution is 2.25. The molecule has 1 nitrogen and oxygen atoms in total. The van der Waals surface area contributed by atoms with Crippen LogP contribution < -0.4 is 5.32 Å². The maximum absolute atomic E-state index is 4.31. The Kier molecular flexibility index (Phi) is 3.49. The van der Waals surface area contributed by atoms with E-state index in [9.17, 15) is 0 Å². The highest BCUT2D eigenvalue weighted by atomic mass is 32.1. The number of nitrogens with one attached hydrogen (secondary N) is 1. The summed E-state index contributed by atoms with van der Waals surface area (Å²) < 4.78 is 0. The predicted octanol–water partition coefficient (Wildman–Crippen LogP) is 2.58. The number of hydrogen-bond acceptors (Lipinski definition) is 2. The molecule has 1 N–H and O–H groups in total. The lowest BCUT2D eigenvalue weighted by Crippen LogP contribution is -2.26. The fraction of sp³-hybridized carbons (Fsp3) is 0.500. The molecule has 2 rings (SSSR count). The van der Waals surface area contributed by atoms with Gasteiger partial charge in [-0.15, -0.1) is 0 Å². The van der Waals surface area contributed by atoms with Gasteiger partial charge in [-0.2, -0.15) is 12.6 Å². The van der Waals surface area contributed by atoms with E-state index in [4.69, 9.17) is 0 Å². The van der Waals surface area contributed by atoms with E-state index in [-0.39, 0.29) is 0 Å². The van der Waals surface area contributed by atoms with E-state index in [0.717, 1.165) is 24.8 Å². The van der Waals surface area contributed by atoms with Gasteiger partial charge in [-0.1, -0.05) is 24.3 Å². The Labute approximate surface area is 91.3 Å². The number of thiol groups is 1. The van der Waals surface area contributed by atoms with Gasteiger partial charge >= 0.3 is 0 Å². The number of benzene rings is 1. The van der Waals surface area contributed by atoms with E-state index in [1.54, 1.807) is 0 Å². The summed E-state index contributed by atoms with van der Waals surface area (Å²) in [5, 5.41) is 3.40. The minimum absolute atomic E-state index is 0.760. The normalized spacial score (nSPS) is 18.4. The molecule has 0 radical (unpaired) electrons. The topological polar surface area (TPSA) is 12.0 Å². The van der Waals surface area contributed by atoms with Gasteiger partial charge in [-0.05, 0) is 43.0 Å². The molecule has 1 fully saturated rings. The van der Waals surface area contributed by atoms with Crippen LogP contribution >= 0.6 is 12.6 Å². The van der Waals surface area contributed by atoms with Gasteiger partial charge in [0.1, 0.15) is 0 Å². The van der Waals surface area contributed by atoms with Crippen LogP contribution in [0.15, 0.2) is 24.3 Å². The first-order valence-corrected chi connectivity index (χ1v) is 5.94. The molecule has 0 spiro atoms. The lowest BCUT2D eigenvalue weighted by atomic mass is 9.89. The summed E-state index contributed by atoms with van der Waals surface area (Å²) in [5.74, 6) is 1.61. The highest BCUT2D eigenvalue weighted by Gasteiger charge is 2.14. The van der Waals surface area contributed by atoms with E-state index in [2.05, 4.69) is 42.2 Å². The van der Waals surface area contributed by atoms with Gasteiger partial charge in [0.05, 0.1) is 0 Å². The molecule has 0 aliphatic carbocycles. The molecule has 0 saturated carbocycles. The molecule has 0 aromatic heterocycles. The standard InChI is InChI=1S/C12H17NS/c14-9-10-2-1-3-12(8-10)11-4-6-13-7-5-11/h1-3,8,11,13-14H,4-7,9H2. The molecule has 2 heteroatoms. The molecule has 14 heavy (non-hydrogen) atoms. The zero-order valence-electron chi connectivity index (χ0n) is 8.37. The first-order chi connectivity index (χ1) is 6.90. The number of piperidine rings is 1. The Balaban J connectivity index is 2.13. The minimum Gasteiger partial charge on any atom is -0.317 e. The quantitative estimate of drug-likeness (QED) is 0.710. The summed E-state index contributed by atoms with van der Waals surface area (Å²) in [6, 6.07) is 8.87. The van der Waals surface area contributed by atoms with E-state index in [1.807, 2.05) is 0 Å². The Morgan fingerprint density at radius 1 is 1.29 bits per heavy atom. The van der Waals surface area contributed by atoms with Crippen LogP contribution in [0.5, 0.6) is 0 Å². The molecule has 0 bridgehead atoms. The van der Waals surface area contributed by atoms with Crippen molar-refractivity contribution >= 4 is 12.6 Å². The maximum Gasteiger partial charge on any atom is 0.0154 e. The van der Waals surface area contributed by atoms with Crippen LogP contribution in [0.2, 0.25) is 0 Å². The molecule has 0 unspecified atom stereocenters. The Hall–Kier alpha value is -0.470. The second kappa shape index (κ2) is 4.85. The Morgan fingerprint density at radius 3 is 2.79 bits per heavy atom. The van der Waals surface area contributed by atoms with Gasteiger partial charge in [0, 0.05) is 5.75 Å². The Bertz CT molecular complexity index is 292. The van der Waals surface area contributed by atoms with E-state index in [0.29, 0.717) is 0 Å². The smallest absolute Gasteiger partial charge is 0.0154 e. The van der Waals surface area contributed by atoms with Crippen molar-refractivity contribution in [2.75, 3.05) is 13.1 Å². The van der Waals surface area contributed by atoms with Crippen LogP contribution in [-0.2, 0) is 5.75 Å². The summed E-state index contributed by atoms with van der Waals surface area (Å²) >= 11 is 4.31. The van der Waals surface area contributed by atoms with Gasteiger partial charge in [0.15, 0.2) is 0 Å². The van der Waals surface area contributed by atoms with Crippen molar-refractivity contribution in [2.45, 2.75) is 24.5 Å². The molecule has 1 aliphatic rings. The van der Waals surface area contributed by atoms with Crippen molar-refractivity contribution in [3.05, 3.63) is 35.4 Å². The van der Waals surface area contributed by atoms with Crippen molar-refractivity contribution in [1.29, 1.82) is 0 Å². The SMILES string of the molecule is SCc1cccc(C2CCNCC2)c1. The molecule has 76 valence electrons. The first kappa shape index (κ1) is 10.1. The molecule has 0 amide bonds. The first-order valence-electron chi connectivity index (χ1n) is 5.30. The van der Waals surface area contributed by atoms with Gasteiger partial charge in [-0.3, -0.25) is 0 Å². The second-order valence-corrected chi connectivity index (χ2v) is 4.24. The fourth-order valence-electron chi connectivity index (χ4n) is 2.10. The van der Waals surface area contributed by atoms with Gasteiger partial charge in [-0.25, -0.2) is 0 Å². The molecular weight excluding hydrogens is 190 g/mol. The molecular formula is C12H17NS. The van der Waals surface area contributed by atoms with Crippen LogP contribution in [-0.4, -0.2) is 13.1 Å². The van der Waals surface area contributed by atoms with Crippen LogP contribution in [0.25, 0.3) is 0 Å². The highest BCUT2D eigenvalue weighted by molar-refractivity contribution is 7.79. The minimum atomic E-state index is 0.760. The zero-order chi connectivity index (χ0) is 9.80. The summed E-state index contributed by atoms with van der Waals surface area (Å²) in [6.45, 7) is 2.32. The summed E-state index contributed by atoms with van der Waals surface area (Å²) in [7, 11) is 0. The summed E-state index contributed by atoms with van der Waals surface area (Å²) in [5.41, 5.74) is 2.84. The Morgan fingerprint density at radius 2 is 2.07 bits per heavy atom. The molecule has 1 saturated heterocycles. The number of rotatable bonds is 2. The average Bonchev–Trinajstić information content (AvgIpc) is 2.30. The molecule has 1 aromatic carbocycles. The van der Waals surface area contributed by atoms with Crippen LogP contribution in [0.1, 0.15) is 29.9 Å². The fourth-order valence-corrected chi connectivity index (χ4v) is 2.30. The van der Waals surface area contributed by atoms with Crippen molar-refractivity contribution in [1.82, 2.24) is 5.32 Å². The molecule has 1 aliphatic heterocycles. The third kappa shape index (κ3) is 2.31. The average molecular weight is 207 g/mol. The second-order valence-electron chi connectivity index (χ2n) is 3.93. The van der Waals surface area contributed by atoms with Crippen LogP contribution in [0.4, 0.5) is 0 Å². The lowest BCUT2D eigenvalue weighted by Gasteiger charge is -2.23. The van der Waals surface area contributed by atoms with Crippen LogP contribution in [0.3, 0.4) is 0 Å². The number of hydrogen-bond donors (Lipinski definition) is 2. The van der Waals surface area contributed by atoms with Crippen molar-refractivity contribution in [3.63, 3.8) is 0 Å². The third-order valence-corrected chi connectivity index (χ3v) is 3.31. The van der Waals surface area contributed by atoms with Gasteiger partial charge in [0.25, 0.3) is 0 Å². The van der Waals surface area contributed by atoms with Crippen molar-refractivity contribution in [3.8, 4) is 0 Å². The summed E-state index contributed by atoms with van der Waals surface area (Å²) in [4.78, 5) is 0. The van der Waals surface area contributed by atoms with Crippen molar-refractivity contribution < 1.29 is 0 Å². The van der Waals surface area contributed by atoms with E-state index < -0.39 is 0 Å². The zero-order valence-corrected chi connectivity index (χ0v) is 9.26. The van der Waals surface area contributed by atoms with Gasteiger partial charge in [0.2, 0.25) is 0 Å². The van der Waals surface area contributed by atoms with E-state index in [1.165, 1.54) is 24.0 Å². The van der Waals surface area contributed by atoms with Crippen LogP contribution in [0, 0.1) is 0 Å². The monoisotopic (exact) mass is 207 g/mol. The largest absolute Gasteiger partial charge is 0.317 e. The summed E-state index contributed by atoms with van der Waals surface area (Å²) in [6.07, 6.45) is 2.55. The molecule has 1 aromatic rings. The predicted molar refractivity (Wildman–Crippen MR) is 64.0 cm³/mol. The van der Waals surface area contributed by atoms with Crippen molar-refractivity contribution in [2.24, 2.45) is 0 Å². The maximum atomic E-state index is 4.31. The third-order valence-electron chi connectivity index (χ3n) is 2.94.